The number of carbonyl (C=O) groups is 1. The van der Waals surface area contributed by atoms with Crippen LogP contribution in [0.2, 0.25) is 5.02 Å². The number of piperazine rings is 1. The van der Waals surface area contributed by atoms with Gasteiger partial charge in [0.1, 0.15) is 5.82 Å². The molecule has 10 heteroatoms. The number of likely N-dealkylation sites (tertiary alicyclic amines) is 1. The first kappa shape index (κ1) is 24.1. The Kier molecular flexibility index (Phi) is 5.83. The quantitative estimate of drug-likeness (QED) is 0.542. The minimum absolute atomic E-state index is 0.0176. The third-order valence-electron chi connectivity index (χ3n) is 6.69. The molecule has 0 aliphatic carbocycles. The molecule has 0 unspecified atom stereocenters. The van der Waals surface area contributed by atoms with Crippen molar-refractivity contribution in [3.8, 4) is 0 Å². The molecule has 2 aliphatic heterocycles. The summed E-state index contributed by atoms with van der Waals surface area (Å²) in [7, 11) is -3.51. The van der Waals surface area contributed by atoms with E-state index in [1.165, 1.54) is 12.1 Å². The number of fused-ring (bicyclic) bond motifs is 3. The van der Waals surface area contributed by atoms with Crippen LogP contribution < -0.4 is 4.90 Å². The van der Waals surface area contributed by atoms with Crippen LogP contribution in [0.15, 0.2) is 41.4 Å². The molecule has 35 heavy (non-hydrogen) atoms. The molecule has 1 N–H and O–H groups in total. The fourth-order valence-electron chi connectivity index (χ4n) is 5.34. The lowest BCUT2D eigenvalue weighted by atomic mass is 10.0. The number of sulfone groups is 1. The Morgan fingerprint density at radius 3 is 2.49 bits per heavy atom. The van der Waals surface area contributed by atoms with Crippen LogP contribution in [0.3, 0.4) is 0 Å². The largest absolute Gasteiger partial charge is 0.360 e. The molecule has 186 valence electrons. The number of carbonyl (C=O) groups excluding carboxylic acids is 1. The molecule has 7 nitrogen and oxygen atoms in total. The number of benzene rings is 2. The van der Waals surface area contributed by atoms with Crippen molar-refractivity contribution in [3.05, 3.63) is 52.9 Å². The maximum atomic E-state index is 13.5. The molecule has 2 saturated heterocycles. The lowest BCUT2D eigenvalue weighted by molar-refractivity contribution is 0.0718. The fourth-order valence-corrected chi connectivity index (χ4v) is 7.50. The molecule has 1 amide bonds. The SMILES string of the molecule is CC(C)(C)CS(=O)(=O)c1cc(N2[C@@H]3CC[C@H]2CN(C(=O)c2ccc(F)cc2Cl)C3)c2[nH]ncc2c1. The highest BCUT2D eigenvalue weighted by molar-refractivity contribution is 7.91. The van der Waals surface area contributed by atoms with Crippen LogP contribution in [-0.2, 0) is 9.84 Å². The predicted octanol–water partition coefficient (Wildman–Crippen LogP) is 4.67. The number of H-pyrrole nitrogens is 1. The van der Waals surface area contributed by atoms with Gasteiger partial charge in [-0.3, -0.25) is 9.89 Å². The third kappa shape index (κ3) is 4.51. The van der Waals surface area contributed by atoms with E-state index in [0.717, 1.165) is 35.5 Å². The lowest BCUT2D eigenvalue weighted by Crippen LogP contribution is -2.55. The van der Waals surface area contributed by atoms with Crippen LogP contribution in [0.4, 0.5) is 10.1 Å². The van der Waals surface area contributed by atoms with Gasteiger partial charge in [-0.25, -0.2) is 12.8 Å². The number of aromatic amines is 1. The lowest BCUT2D eigenvalue weighted by Gasteiger charge is -2.42. The van der Waals surface area contributed by atoms with Crippen molar-refractivity contribution < 1.29 is 17.6 Å². The van der Waals surface area contributed by atoms with Gasteiger partial charge in [-0.15, -0.1) is 0 Å². The van der Waals surface area contributed by atoms with E-state index in [-0.39, 0.29) is 44.6 Å². The zero-order chi connectivity index (χ0) is 25.1. The van der Waals surface area contributed by atoms with Crippen LogP contribution in [0, 0.1) is 11.2 Å². The summed E-state index contributed by atoms with van der Waals surface area (Å²) in [6.07, 6.45) is 3.40. The molecule has 2 fully saturated rings. The van der Waals surface area contributed by atoms with Crippen molar-refractivity contribution in [2.75, 3.05) is 23.7 Å². The van der Waals surface area contributed by atoms with Crippen LogP contribution >= 0.6 is 11.6 Å². The highest BCUT2D eigenvalue weighted by atomic mass is 35.5. The summed E-state index contributed by atoms with van der Waals surface area (Å²) in [5.74, 6) is -0.669. The molecule has 0 radical (unpaired) electrons. The molecule has 5 rings (SSSR count). The molecule has 2 aliphatic rings. The van der Waals surface area contributed by atoms with Gasteiger partial charge in [0.2, 0.25) is 0 Å². The number of hydrogen-bond donors (Lipinski definition) is 1. The zero-order valence-corrected chi connectivity index (χ0v) is 21.5. The van der Waals surface area contributed by atoms with Crippen molar-refractivity contribution in [2.24, 2.45) is 5.41 Å². The van der Waals surface area contributed by atoms with E-state index < -0.39 is 15.7 Å². The molecule has 3 aromatic rings. The Morgan fingerprint density at radius 2 is 1.86 bits per heavy atom. The summed E-state index contributed by atoms with van der Waals surface area (Å²) in [5.41, 5.74) is 1.49. The molecular weight excluding hydrogens is 491 g/mol. The van der Waals surface area contributed by atoms with E-state index in [1.807, 2.05) is 20.8 Å². The Hall–Kier alpha value is -2.65. The minimum Gasteiger partial charge on any atom is -0.360 e. The topological polar surface area (TPSA) is 86.4 Å². The molecule has 2 atom stereocenters. The molecule has 3 heterocycles. The van der Waals surface area contributed by atoms with Crippen molar-refractivity contribution in [2.45, 2.75) is 50.6 Å². The van der Waals surface area contributed by atoms with Crippen LogP contribution in [-0.4, -0.2) is 60.3 Å². The molecular formula is C25H28ClFN4O3S. The maximum Gasteiger partial charge on any atom is 0.255 e. The van der Waals surface area contributed by atoms with Gasteiger partial charge in [0, 0.05) is 30.6 Å². The van der Waals surface area contributed by atoms with Gasteiger partial charge in [-0.1, -0.05) is 32.4 Å². The molecule has 0 saturated carbocycles. The van der Waals surface area contributed by atoms with Crippen LogP contribution in [0.5, 0.6) is 0 Å². The van der Waals surface area contributed by atoms with E-state index in [2.05, 4.69) is 15.1 Å². The van der Waals surface area contributed by atoms with E-state index >= 15 is 0 Å². The standard InChI is InChI=1S/C25H28ClFN4O3S/c1-25(2,3)14-35(33,34)19-8-15-11-28-29-23(15)22(10-19)31-17-5-6-18(31)13-30(12-17)24(32)20-7-4-16(27)9-21(20)26/h4,7-11,17-18H,5-6,12-14H2,1-3H3,(H,28,29)/t17-,18+. The summed E-state index contributed by atoms with van der Waals surface area (Å²) >= 11 is 6.15. The highest BCUT2D eigenvalue weighted by Crippen LogP contribution is 2.40. The fraction of sp³-hybridized carbons (Fsp3) is 0.440. The van der Waals surface area contributed by atoms with Gasteiger partial charge < -0.3 is 9.80 Å². The second-order valence-corrected chi connectivity index (χ2v) is 13.1. The Balaban J connectivity index is 1.48. The van der Waals surface area contributed by atoms with E-state index in [9.17, 15) is 17.6 Å². The first-order valence-electron chi connectivity index (χ1n) is 11.7. The molecule has 2 bridgehead atoms. The number of amides is 1. The van der Waals surface area contributed by atoms with Crippen molar-refractivity contribution in [3.63, 3.8) is 0 Å². The monoisotopic (exact) mass is 518 g/mol. The van der Waals surface area contributed by atoms with Gasteiger partial charge in [0.25, 0.3) is 5.91 Å². The average Bonchev–Trinajstić information content (AvgIpc) is 3.32. The maximum absolute atomic E-state index is 13.5. The van der Waals surface area contributed by atoms with Gasteiger partial charge >= 0.3 is 0 Å². The average molecular weight is 519 g/mol. The second-order valence-electron chi connectivity index (χ2n) is 10.7. The van der Waals surface area contributed by atoms with E-state index in [4.69, 9.17) is 11.6 Å². The normalized spacial score (nSPS) is 20.6. The molecule has 0 spiro atoms. The van der Waals surface area contributed by atoms with Crippen molar-refractivity contribution in [1.82, 2.24) is 15.1 Å². The smallest absolute Gasteiger partial charge is 0.255 e. The Morgan fingerprint density at radius 1 is 1.17 bits per heavy atom. The number of hydrogen-bond acceptors (Lipinski definition) is 5. The third-order valence-corrected chi connectivity index (χ3v) is 9.21. The number of anilines is 1. The number of halogens is 2. The van der Waals surface area contributed by atoms with Crippen molar-refractivity contribution >= 4 is 43.9 Å². The van der Waals surface area contributed by atoms with E-state index in [1.54, 1.807) is 23.2 Å². The number of aromatic nitrogens is 2. The van der Waals surface area contributed by atoms with E-state index in [0.29, 0.717) is 13.1 Å². The number of rotatable bonds is 4. The van der Waals surface area contributed by atoms with Gasteiger partial charge in [0.15, 0.2) is 9.84 Å². The number of nitrogens with zero attached hydrogens (tertiary/aromatic N) is 3. The Labute approximate surface area is 209 Å². The summed E-state index contributed by atoms with van der Waals surface area (Å²) < 4.78 is 39.9. The summed E-state index contributed by atoms with van der Waals surface area (Å²) in [6.45, 7) is 6.66. The van der Waals surface area contributed by atoms with Gasteiger partial charge in [-0.2, -0.15) is 5.10 Å². The minimum atomic E-state index is -3.51. The van der Waals surface area contributed by atoms with Crippen LogP contribution in [0.25, 0.3) is 10.9 Å². The van der Waals surface area contributed by atoms with Crippen molar-refractivity contribution in [1.29, 1.82) is 0 Å². The summed E-state index contributed by atoms with van der Waals surface area (Å²) in [5, 5.41) is 8.04. The van der Waals surface area contributed by atoms with Crippen LogP contribution in [0.1, 0.15) is 44.0 Å². The predicted molar refractivity (Wildman–Crippen MR) is 134 cm³/mol. The zero-order valence-electron chi connectivity index (χ0n) is 19.9. The molecule has 2 aromatic carbocycles. The number of nitrogens with one attached hydrogen (secondary N) is 1. The summed E-state index contributed by atoms with van der Waals surface area (Å²) in [4.78, 5) is 17.5. The van der Waals surface area contributed by atoms with Gasteiger partial charge in [-0.05, 0) is 48.6 Å². The second kappa shape index (κ2) is 8.48. The molecule has 1 aromatic heterocycles. The van der Waals surface area contributed by atoms with Gasteiger partial charge in [0.05, 0.1) is 38.6 Å². The first-order chi connectivity index (χ1) is 16.4. The highest BCUT2D eigenvalue weighted by Gasteiger charge is 2.43. The Bertz CT molecular complexity index is 1400. The summed E-state index contributed by atoms with van der Waals surface area (Å²) in [6, 6.07) is 7.28. The first-order valence-corrected chi connectivity index (χ1v) is 13.7.